The van der Waals surface area contributed by atoms with E-state index in [2.05, 4.69) is 15.4 Å². The Bertz CT molecular complexity index is 313. The number of carbonyl (C=O) groups excluding carboxylic acids is 1. The van der Waals surface area contributed by atoms with Gasteiger partial charge in [-0.05, 0) is 18.7 Å². The van der Waals surface area contributed by atoms with E-state index in [0.29, 0.717) is 6.54 Å². The van der Waals surface area contributed by atoms with Crippen molar-refractivity contribution in [1.29, 1.82) is 0 Å². The van der Waals surface area contributed by atoms with E-state index in [1.165, 1.54) is 7.11 Å². The highest BCUT2D eigenvalue weighted by molar-refractivity contribution is 5.85. The van der Waals surface area contributed by atoms with Crippen molar-refractivity contribution in [2.45, 2.75) is 6.54 Å². The second-order valence-electron chi connectivity index (χ2n) is 2.80. The summed E-state index contributed by atoms with van der Waals surface area (Å²) in [6.07, 6.45) is -0.450. The van der Waals surface area contributed by atoms with E-state index in [-0.39, 0.29) is 0 Å². The topological polar surface area (TPSA) is 50.4 Å². The number of hydrogen-bond donors (Lipinski definition) is 2. The van der Waals surface area contributed by atoms with Crippen LogP contribution in [0, 0.1) is 0 Å². The number of rotatable bonds is 3. The molecule has 0 atom stereocenters. The largest absolute Gasteiger partial charge is 0.453 e. The van der Waals surface area contributed by atoms with E-state index in [0.717, 1.165) is 11.3 Å². The maximum atomic E-state index is 11.0. The Morgan fingerprint density at radius 2 is 2.14 bits per heavy atom. The Labute approximate surface area is 83.3 Å². The van der Waals surface area contributed by atoms with Crippen LogP contribution in [-0.2, 0) is 11.3 Å². The number of anilines is 1. The van der Waals surface area contributed by atoms with E-state index in [4.69, 9.17) is 0 Å². The fourth-order valence-corrected chi connectivity index (χ4v) is 1.15. The van der Waals surface area contributed by atoms with Crippen molar-refractivity contribution in [3.8, 4) is 0 Å². The number of carbonyl (C=O) groups is 1. The summed E-state index contributed by atoms with van der Waals surface area (Å²) in [4.78, 5) is 11.0. The van der Waals surface area contributed by atoms with E-state index < -0.39 is 6.09 Å². The molecule has 0 radical (unpaired) electrons. The van der Waals surface area contributed by atoms with Crippen molar-refractivity contribution in [2.75, 3.05) is 19.5 Å². The van der Waals surface area contributed by atoms with Gasteiger partial charge in [0.2, 0.25) is 0 Å². The Balaban J connectivity index is 2.78. The normalized spacial score (nSPS) is 9.57. The van der Waals surface area contributed by atoms with Gasteiger partial charge in [0.05, 0.1) is 7.11 Å². The smallest absolute Gasteiger partial charge is 0.411 e. The lowest BCUT2D eigenvalue weighted by atomic mass is 10.2. The molecular formula is C10H14N2O2. The van der Waals surface area contributed by atoms with Crippen LogP contribution in [0.5, 0.6) is 0 Å². The Hall–Kier alpha value is -1.55. The predicted molar refractivity (Wildman–Crippen MR) is 55.2 cm³/mol. The molecule has 14 heavy (non-hydrogen) atoms. The quantitative estimate of drug-likeness (QED) is 0.768. The number of amides is 1. The van der Waals surface area contributed by atoms with Crippen LogP contribution in [0.3, 0.4) is 0 Å². The van der Waals surface area contributed by atoms with Crippen molar-refractivity contribution >= 4 is 11.8 Å². The Morgan fingerprint density at radius 3 is 2.79 bits per heavy atom. The lowest BCUT2D eigenvalue weighted by Gasteiger charge is -2.09. The Kier molecular flexibility index (Phi) is 3.94. The fraction of sp³-hybridized carbons (Fsp3) is 0.300. The van der Waals surface area contributed by atoms with Crippen molar-refractivity contribution in [3.05, 3.63) is 29.8 Å². The molecule has 0 fully saturated rings. The van der Waals surface area contributed by atoms with Gasteiger partial charge in [0.1, 0.15) is 0 Å². The van der Waals surface area contributed by atoms with E-state index in [1.54, 1.807) is 0 Å². The minimum atomic E-state index is -0.450. The molecule has 1 rings (SSSR count). The molecule has 0 heterocycles. The molecule has 2 N–H and O–H groups in total. The second-order valence-corrected chi connectivity index (χ2v) is 2.80. The molecule has 1 aromatic rings. The summed E-state index contributed by atoms with van der Waals surface area (Å²) in [5, 5.41) is 5.67. The molecule has 76 valence electrons. The zero-order chi connectivity index (χ0) is 10.4. The van der Waals surface area contributed by atoms with Gasteiger partial charge in [-0.1, -0.05) is 18.2 Å². The number of benzene rings is 1. The van der Waals surface area contributed by atoms with Crippen LogP contribution in [0.25, 0.3) is 0 Å². The van der Waals surface area contributed by atoms with Crippen molar-refractivity contribution in [3.63, 3.8) is 0 Å². The molecule has 0 aliphatic heterocycles. The highest BCUT2D eigenvalue weighted by Crippen LogP contribution is 2.14. The minimum Gasteiger partial charge on any atom is -0.453 e. The highest BCUT2D eigenvalue weighted by Gasteiger charge is 2.04. The van der Waals surface area contributed by atoms with Crippen LogP contribution in [-0.4, -0.2) is 20.3 Å². The van der Waals surface area contributed by atoms with Gasteiger partial charge in [-0.25, -0.2) is 4.79 Å². The lowest BCUT2D eigenvalue weighted by Crippen LogP contribution is -2.14. The minimum absolute atomic E-state index is 0.450. The van der Waals surface area contributed by atoms with Gasteiger partial charge in [-0.3, -0.25) is 5.32 Å². The van der Waals surface area contributed by atoms with Gasteiger partial charge < -0.3 is 10.1 Å². The maximum absolute atomic E-state index is 11.0. The zero-order valence-corrected chi connectivity index (χ0v) is 8.33. The monoisotopic (exact) mass is 194 g/mol. The van der Waals surface area contributed by atoms with E-state index in [1.807, 2.05) is 31.3 Å². The highest BCUT2D eigenvalue weighted by atomic mass is 16.5. The van der Waals surface area contributed by atoms with Gasteiger partial charge in [-0.2, -0.15) is 0 Å². The number of methoxy groups -OCH3 is 1. The summed E-state index contributed by atoms with van der Waals surface area (Å²) in [7, 11) is 3.20. The molecule has 4 nitrogen and oxygen atoms in total. The SMILES string of the molecule is CNCc1ccccc1NC(=O)OC. The average Bonchev–Trinajstić information content (AvgIpc) is 2.21. The number of nitrogens with one attached hydrogen (secondary N) is 2. The molecule has 0 aliphatic rings. The third kappa shape index (κ3) is 2.74. The van der Waals surface area contributed by atoms with Gasteiger partial charge in [0.25, 0.3) is 0 Å². The first-order valence-electron chi connectivity index (χ1n) is 4.35. The lowest BCUT2D eigenvalue weighted by molar-refractivity contribution is 0.187. The third-order valence-corrected chi connectivity index (χ3v) is 1.81. The first-order valence-corrected chi connectivity index (χ1v) is 4.35. The molecule has 0 bridgehead atoms. The number of ether oxygens (including phenoxy) is 1. The maximum Gasteiger partial charge on any atom is 0.411 e. The molecule has 0 aromatic heterocycles. The van der Waals surface area contributed by atoms with Gasteiger partial charge in [0, 0.05) is 12.2 Å². The molecule has 1 amide bonds. The van der Waals surface area contributed by atoms with Crippen LogP contribution < -0.4 is 10.6 Å². The van der Waals surface area contributed by atoms with E-state index >= 15 is 0 Å². The van der Waals surface area contributed by atoms with Crippen LogP contribution in [0.15, 0.2) is 24.3 Å². The molecule has 0 saturated carbocycles. The van der Waals surface area contributed by atoms with Crippen LogP contribution in [0.2, 0.25) is 0 Å². The van der Waals surface area contributed by atoms with Crippen molar-refractivity contribution in [1.82, 2.24) is 5.32 Å². The molecule has 4 heteroatoms. The molecular weight excluding hydrogens is 180 g/mol. The summed E-state index contributed by atoms with van der Waals surface area (Å²) >= 11 is 0. The summed E-state index contributed by atoms with van der Waals surface area (Å²) in [6, 6.07) is 7.57. The first-order chi connectivity index (χ1) is 6.77. The van der Waals surface area contributed by atoms with Crippen LogP contribution in [0.4, 0.5) is 10.5 Å². The van der Waals surface area contributed by atoms with Gasteiger partial charge in [-0.15, -0.1) is 0 Å². The standard InChI is InChI=1S/C10H14N2O2/c1-11-7-8-5-3-4-6-9(8)12-10(13)14-2/h3-6,11H,7H2,1-2H3,(H,12,13). The number of hydrogen-bond acceptors (Lipinski definition) is 3. The zero-order valence-electron chi connectivity index (χ0n) is 8.33. The molecule has 0 saturated heterocycles. The van der Waals surface area contributed by atoms with Crippen LogP contribution >= 0.6 is 0 Å². The molecule has 0 spiro atoms. The van der Waals surface area contributed by atoms with Crippen molar-refractivity contribution in [2.24, 2.45) is 0 Å². The number of para-hydroxylation sites is 1. The predicted octanol–water partition coefficient (Wildman–Crippen LogP) is 1.58. The summed E-state index contributed by atoms with van der Waals surface area (Å²) in [6.45, 7) is 0.708. The summed E-state index contributed by atoms with van der Waals surface area (Å²) < 4.78 is 4.52. The fourth-order valence-electron chi connectivity index (χ4n) is 1.15. The van der Waals surface area contributed by atoms with Gasteiger partial charge >= 0.3 is 6.09 Å². The average molecular weight is 194 g/mol. The summed E-state index contributed by atoms with van der Waals surface area (Å²) in [5.74, 6) is 0. The molecule has 1 aromatic carbocycles. The van der Waals surface area contributed by atoms with Gasteiger partial charge in [0.15, 0.2) is 0 Å². The summed E-state index contributed by atoms with van der Waals surface area (Å²) in [5.41, 5.74) is 1.80. The first kappa shape index (κ1) is 10.5. The Morgan fingerprint density at radius 1 is 1.43 bits per heavy atom. The molecule has 0 unspecified atom stereocenters. The van der Waals surface area contributed by atoms with Crippen LogP contribution in [0.1, 0.15) is 5.56 Å². The van der Waals surface area contributed by atoms with Crippen molar-refractivity contribution < 1.29 is 9.53 Å². The molecule has 0 aliphatic carbocycles. The second kappa shape index (κ2) is 5.24. The van der Waals surface area contributed by atoms with E-state index in [9.17, 15) is 4.79 Å². The third-order valence-electron chi connectivity index (χ3n) is 1.81.